The number of hydrogen-bond acceptors (Lipinski definition) is 7. The molecule has 0 saturated heterocycles. The number of aromatic nitrogens is 1. The number of para-hydroxylation sites is 1. The lowest BCUT2D eigenvalue weighted by atomic mass is 10.0. The molecule has 36 heavy (non-hydrogen) atoms. The predicted octanol–water partition coefficient (Wildman–Crippen LogP) is 5.33. The van der Waals surface area contributed by atoms with E-state index in [0.29, 0.717) is 46.3 Å². The first-order chi connectivity index (χ1) is 17.4. The van der Waals surface area contributed by atoms with Crippen LogP contribution in [0.1, 0.15) is 39.4 Å². The number of nitrogens with zero attached hydrogens (tertiary/aromatic N) is 2. The van der Waals surface area contributed by atoms with Gasteiger partial charge in [-0.15, -0.1) is 0 Å². The van der Waals surface area contributed by atoms with Gasteiger partial charge in [0, 0.05) is 17.5 Å². The zero-order valence-corrected chi connectivity index (χ0v) is 19.3. The maximum absolute atomic E-state index is 13.3. The first-order valence-electron chi connectivity index (χ1n) is 11.3. The van der Waals surface area contributed by atoms with Gasteiger partial charge in [0.15, 0.2) is 6.61 Å². The fourth-order valence-corrected chi connectivity index (χ4v) is 4.31. The highest BCUT2D eigenvalue weighted by Crippen LogP contribution is 2.37. The third-order valence-corrected chi connectivity index (χ3v) is 6.05. The van der Waals surface area contributed by atoms with Crippen molar-refractivity contribution >= 4 is 45.8 Å². The molecule has 2 heterocycles. The van der Waals surface area contributed by atoms with Crippen molar-refractivity contribution in [3.05, 3.63) is 99.1 Å². The van der Waals surface area contributed by atoms with Crippen LogP contribution in [0.4, 0.5) is 11.4 Å². The minimum Gasteiger partial charge on any atom is -0.465 e. The second-order valence-corrected chi connectivity index (χ2v) is 8.40. The largest absolute Gasteiger partial charge is 0.465 e. The Hall–Kier alpha value is -4.79. The molecule has 1 aliphatic rings. The van der Waals surface area contributed by atoms with E-state index in [9.17, 15) is 19.7 Å². The van der Waals surface area contributed by atoms with Crippen molar-refractivity contribution in [1.82, 2.24) is 4.98 Å². The van der Waals surface area contributed by atoms with Crippen LogP contribution in [0.2, 0.25) is 0 Å². The number of furan rings is 1. The summed E-state index contributed by atoms with van der Waals surface area (Å²) in [4.78, 5) is 41.1. The lowest BCUT2D eigenvalue weighted by molar-refractivity contribution is -0.384. The summed E-state index contributed by atoms with van der Waals surface area (Å²) < 4.78 is 10.8. The standard InChI is InChI=1S/C27H21N3O6/c1-16-8-10-18(30(33)34)14-23(16)28-24(31)15-36-27(32)25-20-6-2-3-7-22(20)29-26-17(9-11-21(25)26)13-19-5-4-12-35-19/h2-8,10,12-14H,9,11,15H2,1H3,(H,28,31)/b17-13+. The number of fused-ring (bicyclic) bond motifs is 2. The Balaban J connectivity index is 1.40. The van der Waals surface area contributed by atoms with E-state index in [2.05, 4.69) is 5.32 Å². The van der Waals surface area contributed by atoms with E-state index in [-0.39, 0.29) is 11.4 Å². The average Bonchev–Trinajstić information content (AvgIpc) is 3.52. The molecular formula is C27H21N3O6. The van der Waals surface area contributed by atoms with E-state index >= 15 is 0 Å². The number of rotatable bonds is 6. The highest BCUT2D eigenvalue weighted by molar-refractivity contribution is 6.08. The zero-order valence-electron chi connectivity index (χ0n) is 19.3. The fourth-order valence-electron chi connectivity index (χ4n) is 4.31. The number of carbonyl (C=O) groups excluding carboxylic acids is 2. The number of carbonyl (C=O) groups is 2. The number of amides is 1. The molecule has 0 spiro atoms. The van der Waals surface area contributed by atoms with Crippen LogP contribution in [0, 0.1) is 17.0 Å². The van der Waals surface area contributed by atoms with Gasteiger partial charge in [-0.2, -0.15) is 0 Å². The highest BCUT2D eigenvalue weighted by Gasteiger charge is 2.28. The van der Waals surface area contributed by atoms with Gasteiger partial charge >= 0.3 is 5.97 Å². The molecule has 0 fully saturated rings. The SMILES string of the molecule is Cc1ccc([N+](=O)[O-])cc1NC(=O)COC(=O)c1c2c(nc3ccccc13)/C(=C/c1ccco1)CC2. The van der Waals surface area contributed by atoms with Crippen molar-refractivity contribution in [1.29, 1.82) is 0 Å². The van der Waals surface area contributed by atoms with Crippen LogP contribution in [0.3, 0.4) is 0 Å². The van der Waals surface area contributed by atoms with Gasteiger partial charge < -0.3 is 14.5 Å². The Labute approximate surface area is 205 Å². The summed E-state index contributed by atoms with van der Waals surface area (Å²) in [5, 5.41) is 14.3. The normalized spacial score (nSPS) is 13.5. The minimum atomic E-state index is -0.630. The van der Waals surface area contributed by atoms with Crippen molar-refractivity contribution in [3.63, 3.8) is 0 Å². The van der Waals surface area contributed by atoms with Crippen LogP contribution >= 0.6 is 0 Å². The molecule has 1 amide bonds. The Kier molecular flexibility index (Phi) is 6.03. The number of nitrogens with one attached hydrogen (secondary N) is 1. The molecule has 9 nitrogen and oxygen atoms in total. The summed E-state index contributed by atoms with van der Waals surface area (Å²) in [6.45, 7) is 1.17. The lowest BCUT2D eigenvalue weighted by Gasteiger charge is -2.13. The summed E-state index contributed by atoms with van der Waals surface area (Å²) in [5.41, 5.74) is 4.26. The third-order valence-electron chi connectivity index (χ3n) is 6.05. The van der Waals surface area contributed by atoms with Gasteiger partial charge in [-0.1, -0.05) is 24.3 Å². The van der Waals surface area contributed by atoms with E-state index in [4.69, 9.17) is 14.1 Å². The smallest absolute Gasteiger partial charge is 0.339 e. The number of allylic oxidation sites excluding steroid dienone is 1. The summed E-state index contributed by atoms with van der Waals surface area (Å²) in [7, 11) is 0. The number of aryl methyl sites for hydroxylation is 1. The number of pyridine rings is 1. The van der Waals surface area contributed by atoms with Crippen LogP contribution in [0.25, 0.3) is 22.6 Å². The number of nitro benzene ring substituents is 1. The van der Waals surface area contributed by atoms with E-state index in [0.717, 1.165) is 11.1 Å². The second kappa shape index (κ2) is 9.46. The topological polar surface area (TPSA) is 125 Å². The Morgan fingerprint density at radius 1 is 1.17 bits per heavy atom. The molecule has 0 radical (unpaired) electrons. The van der Waals surface area contributed by atoms with Crippen molar-refractivity contribution < 1.29 is 23.7 Å². The quantitative estimate of drug-likeness (QED) is 0.223. The number of esters is 1. The first kappa shape index (κ1) is 23.0. The monoisotopic (exact) mass is 483 g/mol. The highest BCUT2D eigenvalue weighted by atomic mass is 16.6. The zero-order chi connectivity index (χ0) is 25.2. The van der Waals surface area contributed by atoms with Crippen molar-refractivity contribution in [2.24, 2.45) is 0 Å². The van der Waals surface area contributed by atoms with Crippen molar-refractivity contribution in [2.45, 2.75) is 19.8 Å². The van der Waals surface area contributed by atoms with Crippen molar-refractivity contribution in [2.75, 3.05) is 11.9 Å². The van der Waals surface area contributed by atoms with Gasteiger partial charge in [0.05, 0.1) is 33.6 Å². The van der Waals surface area contributed by atoms with E-state index in [1.54, 1.807) is 31.4 Å². The van der Waals surface area contributed by atoms with Crippen LogP contribution in [-0.4, -0.2) is 28.4 Å². The van der Waals surface area contributed by atoms with Crippen molar-refractivity contribution in [3.8, 4) is 0 Å². The predicted molar refractivity (Wildman–Crippen MR) is 133 cm³/mol. The molecule has 0 bridgehead atoms. The minimum absolute atomic E-state index is 0.148. The Bertz CT molecular complexity index is 1540. The fraction of sp³-hybridized carbons (Fsp3) is 0.148. The van der Waals surface area contributed by atoms with E-state index in [1.165, 1.54) is 12.1 Å². The van der Waals surface area contributed by atoms with Gasteiger partial charge in [-0.05, 0) is 60.7 Å². The molecule has 1 N–H and O–H groups in total. The first-order valence-corrected chi connectivity index (χ1v) is 11.3. The molecule has 9 heteroatoms. The number of ether oxygens (including phenoxy) is 1. The van der Waals surface area contributed by atoms with Crippen LogP contribution in [0.5, 0.6) is 0 Å². The van der Waals surface area contributed by atoms with Gasteiger partial charge in [0.25, 0.3) is 11.6 Å². The van der Waals surface area contributed by atoms with Gasteiger partial charge in [0.1, 0.15) is 5.76 Å². The maximum Gasteiger partial charge on any atom is 0.339 e. The molecule has 2 aromatic heterocycles. The van der Waals surface area contributed by atoms with Crippen LogP contribution in [-0.2, 0) is 16.0 Å². The Morgan fingerprint density at radius 2 is 2.00 bits per heavy atom. The number of non-ortho nitro benzene ring substituents is 1. The molecule has 4 aromatic rings. The molecule has 0 aliphatic heterocycles. The molecule has 5 rings (SSSR count). The average molecular weight is 483 g/mol. The summed E-state index contributed by atoms with van der Waals surface area (Å²) in [6, 6.07) is 15.1. The van der Waals surface area contributed by atoms with Gasteiger partial charge in [0.2, 0.25) is 0 Å². The molecule has 0 atom stereocenters. The molecule has 2 aromatic carbocycles. The molecule has 1 aliphatic carbocycles. The van der Waals surface area contributed by atoms with Crippen LogP contribution in [0.15, 0.2) is 65.3 Å². The lowest BCUT2D eigenvalue weighted by Crippen LogP contribution is -2.22. The van der Waals surface area contributed by atoms with Crippen LogP contribution < -0.4 is 5.32 Å². The summed E-state index contributed by atoms with van der Waals surface area (Å²) in [6.07, 6.45) is 4.80. The Morgan fingerprint density at radius 3 is 2.78 bits per heavy atom. The molecular weight excluding hydrogens is 462 g/mol. The maximum atomic E-state index is 13.3. The summed E-state index contributed by atoms with van der Waals surface area (Å²) >= 11 is 0. The molecule has 0 unspecified atom stereocenters. The molecule has 180 valence electrons. The number of hydrogen-bond donors (Lipinski definition) is 1. The summed E-state index contributed by atoms with van der Waals surface area (Å²) in [5.74, 6) is -0.527. The van der Waals surface area contributed by atoms with Gasteiger partial charge in [-0.3, -0.25) is 14.9 Å². The third kappa shape index (κ3) is 4.46. The second-order valence-electron chi connectivity index (χ2n) is 8.40. The van der Waals surface area contributed by atoms with E-state index < -0.39 is 23.4 Å². The van der Waals surface area contributed by atoms with Gasteiger partial charge in [-0.25, -0.2) is 9.78 Å². The molecule has 0 saturated carbocycles. The van der Waals surface area contributed by atoms with E-state index in [1.807, 2.05) is 30.3 Å². The number of anilines is 1. The number of nitro groups is 1. The number of benzene rings is 2.